The van der Waals surface area contributed by atoms with Crippen LogP contribution in [-0.4, -0.2) is 22.3 Å². The first kappa shape index (κ1) is 13.5. The first-order chi connectivity index (χ1) is 10.2. The smallest absolute Gasteiger partial charge is 0.153 e. The standard InChI is InChI=1S/C15H13ClN4O/c1-21-12-8-18-6-5-11(12)14-13(15(17)20-19-14)9-3-2-4-10(16)7-9/h2-8H,1H3,(H3,17,19,20). The predicted molar refractivity (Wildman–Crippen MR) is 83.2 cm³/mol. The zero-order valence-electron chi connectivity index (χ0n) is 11.3. The Labute approximate surface area is 126 Å². The number of aromatic nitrogens is 3. The number of hydrogen-bond donors (Lipinski definition) is 2. The van der Waals surface area contributed by atoms with Crippen LogP contribution in [0.3, 0.4) is 0 Å². The quantitative estimate of drug-likeness (QED) is 0.777. The van der Waals surface area contributed by atoms with Gasteiger partial charge in [0.2, 0.25) is 0 Å². The first-order valence-corrected chi connectivity index (χ1v) is 6.66. The van der Waals surface area contributed by atoms with Crippen LogP contribution in [0.4, 0.5) is 5.82 Å². The zero-order valence-corrected chi connectivity index (χ0v) is 12.1. The Hall–Kier alpha value is -2.53. The third-order valence-electron chi connectivity index (χ3n) is 3.18. The second kappa shape index (κ2) is 5.46. The molecule has 6 heteroatoms. The van der Waals surface area contributed by atoms with E-state index in [0.29, 0.717) is 16.6 Å². The molecule has 0 saturated heterocycles. The lowest BCUT2D eigenvalue weighted by Crippen LogP contribution is -1.92. The van der Waals surface area contributed by atoms with Gasteiger partial charge < -0.3 is 10.5 Å². The molecular formula is C15H13ClN4O. The summed E-state index contributed by atoms with van der Waals surface area (Å²) >= 11 is 6.06. The molecule has 2 heterocycles. The van der Waals surface area contributed by atoms with Crippen molar-refractivity contribution in [3.8, 4) is 28.1 Å². The largest absolute Gasteiger partial charge is 0.494 e. The Balaban J connectivity index is 2.22. The van der Waals surface area contributed by atoms with Crippen LogP contribution in [0.2, 0.25) is 5.02 Å². The lowest BCUT2D eigenvalue weighted by molar-refractivity contribution is 0.414. The van der Waals surface area contributed by atoms with Crippen LogP contribution in [0.5, 0.6) is 5.75 Å². The van der Waals surface area contributed by atoms with Gasteiger partial charge in [0.1, 0.15) is 5.75 Å². The van der Waals surface area contributed by atoms with E-state index in [0.717, 1.165) is 22.4 Å². The van der Waals surface area contributed by atoms with Crippen molar-refractivity contribution in [1.29, 1.82) is 0 Å². The van der Waals surface area contributed by atoms with Crippen LogP contribution in [0.25, 0.3) is 22.4 Å². The summed E-state index contributed by atoms with van der Waals surface area (Å²) in [6.07, 6.45) is 3.34. The molecule has 0 spiro atoms. The summed E-state index contributed by atoms with van der Waals surface area (Å²) in [7, 11) is 1.60. The molecule has 3 rings (SSSR count). The van der Waals surface area contributed by atoms with Crippen molar-refractivity contribution in [2.45, 2.75) is 0 Å². The molecule has 3 aromatic rings. The number of nitrogens with two attached hydrogens (primary N) is 1. The van der Waals surface area contributed by atoms with Gasteiger partial charge in [0.15, 0.2) is 5.82 Å². The second-order valence-corrected chi connectivity index (χ2v) is 4.88. The summed E-state index contributed by atoms with van der Waals surface area (Å²) in [5.74, 6) is 1.05. The number of H-pyrrole nitrogens is 1. The summed E-state index contributed by atoms with van der Waals surface area (Å²) in [5.41, 5.74) is 9.31. The number of nitrogens with zero attached hydrogens (tertiary/aromatic N) is 2. The van der Waals surface area contributed by atoms with E-state index in [1.807, 2.05) is 30.3 Å². The molecule has 0 bridgehead atoms. The van der Waals surface area contributed by atoms with Crippen LogP contribution < -0.4 is 10.5 Å². The molecule has 2 aromatic heterocycles. The van der Waals surface area contributed by atoms with Gasteiger partial charge in [-0.3, -0.25) is 10.1 Å². The van der Waals surface area contributed by atoms with E-state index in [1.165, 1.54) is 0 Å². The van der Waals surface area contributed by atoms with Crippen molar-refractivity contribution in [1.82, 2.24) is 15.2 Å². The highest BCUT2D eigenvalue weighted by Gasteiger charge is 2.17. The summed E-state index contributed by atoms with van der Waals surface area (Å²) < 4.78 is 5.35. The number of ether oxygens (including phenoxy) is 1. The molecule has 0 fully saturated rings. The normalized spacial score (nSPS) is 10.6. The molecule has 0 amide bonds. The van der Waals surface area contributed by atoms with Crippen molar-refractivity contribution >= 4 is 17.4 Å². The van der Waals surface area contributed by atoms with E-state index in [4.69, 9.17) is 22.1 Å². The highest BCUT2D eigenvalue weighted by Crippen LogP contribution is 2.38. The lowest BCUT2D eigenvalue weighted by atomic mass is 10.0. The highest BCUT2D eigenvalue weighted by molar-refractivity contribution is 6.30. The average molecular weight is 301 g/mol. The van der Waals surface area contributed by atoms with Gasteiger partial charge in [0.05, 0.1) is 24.6 Å². The van der Waals surface area contributed by atoms with Crippen molar-refractivity contribution in [2.75, 3.05) is 12.8 Å². The molecule has 21 heavy (non-hydrogen) atoms. The maximum Gasteiger partial charge on any atom is 0.153 e. The Morgan fingerprint density at radius 2 is 2.14 bits per heavy atom. The summed E-state index contributed by atoms with van der Waals surface area (Å²) in [6.45, 7) is 0. The van der Waals surface area contributed by atoms with Gasteiger partial charge in [-0.2, -0.15) is 5.10 Å². The van der Waals surface area contributed by atoms with Gasteiger partial charge in [0.25, 0.3) is 0 Å². The first-order valence-electron chi connectivity index (χ1n) is 6.29. The van der Waals surface area contributed by atoms with Gasteiger partial charge in [-0.05, 0) is 23.8 Å². The number of nitrogens with one attached hydrogen (secondary N) is 1. The molecule has 0 aliphatic heterocycles. The number of anilines is 1. The van der Waals surface area contributed by atoms with Crippen molar-refractivity contribution < 1.29 is 4.74 Å². The maximum absolute atomic E-state index is 6.06. The van der Waals surface area contributed by atoms with E-state index in [1.54, 1.807) is 19.5 Å². The summed E-state index contributed by atoms with van der Waals surface area (Å²) in [4.78, 5) is 4.05. The number of nitrogen functional groups attached to an aromatic ring is 1. The van der Waals surface area contributed by atoms with E-state index in [2.05, 4.69) is 15.2 Å². The molecule has 0 atom stereocenters. The monoisotopic (exact) mass is 300 g/mol. The lowest BCUT2D eigenvalue weighted by Gasteiger charge is -2.09. The molecule has 106 valence electrons. The Morgan fingerprint density at radius 1 is 1.29 bits per heavy atom. The van der Waals surface area contributed by atoms with Gasteiger partial charge in [0, 0.05) is 16.8 Å². The molecule has 0 aliphatic carbocycles. The summed E-state index contributed by atoms with van der Waals surface area (Å²) in [6, 6.07) is 9.32. The Bertz CT molecular complexity index is 785. The van der Waals surface area contributed by atoms with E-state index >= 15 is 0 Å². The van der Waals surface area contributed by atoms with Gasteiger partial charge in [-0.15, -0.1) is 0 Å². The molecule has 0 aliphatic rings. The number of halogens is 1. The number of hydrogen-bond acceptors (Lipinski definition) is 4. The topological polar surface area (TPSA) is 76.8 Å². The van der Waals surface area contributed by atoms with Gasteiger partial charge in [-0.1, -0.05) is 23.7 Å². The van der Waals surface area contributed by atoms with Crippen LogP contribution in [0.15, 0.2) is 42.7 Å². The number of rotatable bonds is 3. The molecule has 0 unspecified atom stereocenters. The zero-order chi connectivity index (χ0) is 14.8. The van der Waals surface area contributed by atoms with Gasteiger partial charge >= 0.3 is 0 Å². The fourth-order valence-corrected chi connectivity index (χ4v) is 2.43. The average Bonchev–Trinajstić information content (AvgIpc) is 2.88. The number of pyridine rings is 1. The van der Waals surface area contributed by atoms with Crippen LogP contribution in [-0.2, 0) is 0 Å². The maximum atomic E-state index is 6.06. The van der Waals surface area contributed by atoms with E-state index < -0.39 is 0 Å². The van der Waals surface area contributed by atoms with Crippen LogP contribution in [0.1, 0.15) is 0 Å². The minimum absolute atomic E-state index is 0.408. The molecular weight excluding hydrogens is 288 g/mol. The molecule has 3 N–H and O–H groups in total. The van der Waals surface area contributed by atoms with Crippen LogP contribution >= 0.6 is 11.6 Å². The highest BCUT2D eigenvalue weighted by atomic mass is 35.5. The van der Waals surface area contributed by atoms with Crippen LogP contribution in [0, 0.1) is 0 Å². The molecule has 0 radical (unpaired) electrons. The predicted octanol–water partition coefficient (Wildman–Crippen LogP) is 3.38. The van der Waals surface area contributed by atoms with E-state index in [9.17, 15) is 0 Å². The number of benzene rings is 1. The third kappa shape index (κ3) is 2.43. The fraction of sp³-hybridized carbons (Fsp3) is 0.0667. The van der Waals surface area contributed by atoms with Gasteiger partial charge in [-0.25, -0.2) is 0 Å². The molecule has 1 aromatic carbocycles. The SMILES string of the molecule is COc1cnccc1-c1[nH]nc(N)c1-c1cccc(Cl)c1. The van der Waals surface area contributed by atoms with Crippen molar-refractivity contribution in [3.05, 3.63) is 47.7 Å². The minimum Gasteiger partial charge on any atom is -0.494 e. The van der Waals surface area contributed by atoms with Crippen molar-refractivity contribution in [2.24, 2.45) is 0 Å². The van der Waals surface area contributed by atoms with E-state index in [-0.39, 0.29) is 0 Å². The number of methoxy groups -OCH3 is 1. The second-order valence-electron chi connectivity index (χ2n) is 4.45. The molecule has 5 nitrogen and oxygen atoms in total. The fourth-order valence-electron chi connectivity index (χ4n) is 2.24. The molecule has 0 saturated carbocycles. The number of aromatic amines is 1. The third-order valence-corrected chi connectivity index (χ3v) is 3.42. The summed E-state index contributed by atoms with van der Waals surface area (Å²) in [5, 5.41) is 7.70. The Kier molecular flexibility index (Phi) is 3.50. The Morgan fingerprint density at radius 3 is 2.90 bits per heavy atom. The van der Waals surface area contributed by atoms with Crippen molar-refractivity contribution in [3.63, 3.8) is 0 Å². The minimum atomic E-state index is 0.408.